The molecule has 4 aliphatic rings. The molecule has 0 saturated carbocycles. The number of ether oxygens (including phenoxy) is 6. The summed E-state index contributed by atoms with van der Waals surface area (Å²) in [7, 11) is 5.78. The van der Waals surface area contributed by atoms with Crippen LogP contribution in [0.2, 0.25) is 0 Å². The van der Waals surface area contributed by atoms with E-state index >= 15 is 0 Å². The summed E-state index contributed by atoms with van der Waals surface area (Å²) in [5.74, 6) is -1.19. The fourth-order valence-electron chi connectivity index (χ4n) is 14.3. The van der Waals surface area contributed by atoms with Crippen molar-refractivity contribution in [3.63, 3.8) is 0 Å². The fraction of sp³-hybridized carbons (Fsp3) is 0.301. The fourth-order valence-corrected chi connectivity index (χ4v) is 14.3. The summed E-state index contributed by atoms with van der Waals surface area (Å²) in [6, 6.07) is 41.0. The van der Waals surface area contributed by atoms with Gasteiger partial charge in [-0.2, -0.15) is 5.26 Å². The van der Waals surface area contributed by atoms with Gasteiger partial charge in [0.05, 0.1) is 79.4 Å². The number of nitrogens with zero attached hydrogens (tertiary/aromatic N) is 12. The van der Waals surface area contributed by atoms with Gasteiger partial charge in [0.1, 0.15) is 23.0 Å². The minimum Gasteiger partial charge on any atom is -0.504 e. The third kappa shape index (κ3) is 19.4. The number of rotatable bonds is 14. The van der Waals surface area contributed by atoms with Crippen molar-refractivity contribution in [1.29, 1.82) is 5.26 Å². The summed E-state index contributed by atoms with van der Waals surface area (Å²) in [4.78, 5) is 73.2. The lowest BCUT2D eigenvalue weighted by Crippen LogP contribution is -2.49. The Balaban J connectivity index is 0.000000136. The number of benzene rings is 4. The van der Waals surface area contributed by atoms with Crippen LogP contribution in [-0.2, 0) is 0 Å². The van der Waals surface area contributed by atoms with E-state index in [1.165, 1.54) is 82.0 Å². The van der Waals surface area contributed by atoms with Crippen LogP contribution in [0.4, 0.5) is 53.5 Å². The number of aromatic hydroxyl groups is 1. The Hall–Kier alpha value is -13.0. The Morgan fingerprint density at radius 3 is 1.22 bits per heavy atom. The largest absolute Gasteiger partial charge is 0.573 e. The molecular formula is C83H83F7N16O11. The van der Waals surface area contributed by atoms with Gasteiger partial charge in [-0.05, 0) is 142 Å². The van der Waals surface area contributed by atoms with Gasteiger partial charge in [0, 0.05) is 175 Å². The SMILES string of the molecule is COc1ccc(-c2cc(=O)n3cc(N4CCNCC4)ccc3c2C#N)cc1OC.COc1ccc(-c2cc(=O)n3cc(N4CCN[C@@H](C)C4)ccc3n2)cc1OC(F)(F)F.COc1ccc(-c2cc(=O)n3cc(N4CCN[C@H](C)C4)ccc3n2)cc1F.C[C@H]1CN(c2ccc3nc(-c4ccc(O)c(OC(F)(F)F)c4)cc(=O)n3c2)CCN1. The van der Waals surface area contributed by atoms with Gasteiger partial charge < -0.3 is 74.4 Å². The highest BCUT2D eigenvalue weighted by Crippen LogP contribution is 2.39. The van der Waals surface area contributed by atoms with Crippen molar-refractivity contribution < 1.29 is 64.3 Å². The summed E-state index contributed by atoms with van der Waals surface area (Å²) in [5.41, 5.74) is 8.20. The van der Waals surface area contributed by atoms with E-state index in [9.17, 15) is 60.3 Å². The smallest absolute Gasteiger partial charge is 0.504 e. The molecule has 3 atom stereocenters. The third-order valence-corrected chi connectivity index (χ3v) is 20.0. The Labute approximate surface area is 664 Å². The normalized spacial score (nSPS) is 16.4. The zero-order chi connectivity index (χ0) is 83.0. The van der Waals surface area contributed by atoms with Crippen LogP contribution in [0.1, 0.15) is 26.3 Å². The number of pyridine rings is 5. The second-order valence-electron chi connectivity index (χ2n) is 28.0. The van der Waals surface area contributed by atoms with E-state index in [1.54, 1.807) is 61.3 Å². The summed E-state index contributed by atoms with van der Waals surface area (Å²) in [6.45, 7) is 17.6. The lowest BCUT2D eigenvalue weighted by molar-refractivity contribution is -0.276. The van der Waals surface area contributed by atoms with E-state index in [0.717, 1.165) is 132 Å². The first-order valence-electron chi connectivity index (χ1n) is 37.3. The third-order valence-electron chi connectivity index (χ3n) is 20.0. The molecule has 4 fully saturated rings. The molecule has 610 valence electrons. The number of fused-ring (bicyclic) bond motifs is 4. The van der Waals surface area contributed by atoms with E-state index in [4.69, 9.17) is 18.9 Å². The number of hydrogen-bond acceptors (Lipinski definition) is 23. The average molecular weight is 1610 g/mol. The summed E-state index contributed by atoms with van der Waals surface area (Å²) in [6.07, 6.45) is -2.74. The van der Waals surface area contributed by atoms with Gasteiger partial charge in [0.2, 0.25) is 0 Å². The number of phenols is 1. The topological polar surface area (TPSA) is 285 Å². The Kier molecular flexibility index (Phi) is 24.8. The van der Waals surface area contributed by atoms with Crippen LogP contribution in [0.3, 0.4) is 0 Å². The van der Waals surface area contributed by atoms with E-state index in [-0.39, 0.29) is 50.7 Å². The van der Waals surface area contributed by atoms with Gasteiger partial charge in [0.25, 0.3) is 22.2 Å². The molecule has 0 unspecified atom stereocenters. The van der Waals surface area contributed by atoms with Crippen LogP contribution in [0.5, 0.6) is 40.2 Å². The van der Waals surface area contributed by atoms with Crippen LogP contribution in [0.25, 0.3) is 67.4 Å². The first kappa shape index (κ1) is 82.0. The van der Waals surface area contributed by atoms with Gasteiger partial charge in [0.15, 0.2) is 46.1 Å². The predicted octanol–water partition coefficient (Wildman–Crippen LogP) is 10.4. The molecule has 4 saturated heterocycles. The maximum absolute atomic E-state index is 14.0. The highest BCUT2D eigenvalue weighted by atomic mass is 19.4. The van der Waals surface area contributed by atoms with Crippen LogP contribution >= 0.6 is 0 Å². The van der Waals surface area contributed by atoms with Crippen molar-refractivity contribution in [3.05, 3.63) is 223 Å². The second kappa shape index (κ2) is 35.4. The number of alkyl halides is 6. The molecule has 16 rings (SSSR count). The molecule has 34 heteroatoms. The molecular weight excluding hydrogens is 1530 g/mol. The van der Waals surface area contributed by atoms with Gasteiger partial charge in [-0.1, -0.05) is 6.07 Å². The standard InChI is InChI=1S/C22H22N4O3.C21H21F3N4O3.C20H19F3N4O3.C20H21FN4O2/c1-28-20-6-3-15(11-21(20)29-2)17-12-22(27)26-14-16(25-9-7-24-8-10-25)4-5-19(26)18(17)13-23;1-13-11-27(8-7-25-13)15-4-6-19-26-16(10-20(29)28(19)12-15)14-3-5-17(30-2)18(9-14)31-21(22,23)24;1-12-10-26(7-6-24-12)14-3-5-18-25-15(9-19(29)27(18)11-14)13-2-4-16(28)17(8-13)30-20(21,22)23;1-13-11-24(8-7-22-13)15-4-6-19-23-17(10-20(26)25(19)12-15)14-3-5-18(27-2)16(21)9-14/h3-6,11-12,14,24H,7-10H2,1-2H3;3-6,9-10,12-13,25H,7-8,11H2,1-2H3;2-5,8-9,11-12,24,28H,6-7,10H2,1H3;3-6,9-10,12-13,22H,7-8,11H2,1-2H3/t;13-;12-;13-/m.001/s1. The number of nitriles is 1. The minimum atomic E-state index is -4.95. The number of nitrogens with one attached hydrogen (secondary N) is 4. The zero-order valence-corrected chi connectivity index (χ0v) is 64.6. The number of methoxy groups -OCH3 is 4. The van der Waals surface area contributed by atoms with Gasteiger partial charge in [-0.25, -0.2) is 19.3 Å². The molecule has 0 bridgehead atoms. The first-order chi connectivity index (χ1) is 56.1. The van der Waals surface area contributed by atoms with Crippen molar-refractivity contribution in [2.75, 3.05) is 133 Å². The van der Waals surface area contributed by atoms with Crippen LogP contribution in [0, 0.1) is 17.1 Å². The Morgan fingerprint density at radius 1 is 0.419 bits per heavy atom. The lowest BCUT2D eigenvalue weighted by atomic mass is 9.99. The van der Waals surface area contributed by atoms with Crippen molar-refractivity contribution in [1.82, 2.24) is 53.8 Å². The van der Waals surface area contributed by atoms with E-state index in [2.05, 4.69) is 92.1 Å². The summed E-state index contributed by atoms with van der Waals surface area (Å²) in [5, 5.41) is 33.0. The van der Waals surface area contributed by atoms with E-state index in [0.29, 0.717) is 80.0 Å². The van der Waals surface area contributed by atoms with Gasteiger partial charge in [-0.3, -0.25) is 36.8 Å². The molecule has 4 aromatic carbocycles. The number of anilines is 4. The van der Waals surface area contributed by atoms with Crippen molar-refractivity contribution >= 4 is 45.2 Å². The molecule has 27 nitrogen and oxygen atoms in total. The molecule has 0 aliphatic carbocycles. The highest BCUT2D eigenvalue weighted by molar-refractivity contribution is 5.81. The number of hydrogen-bond donors (Lipinski definition) is 5. The van der Waals surface area contributed by atoms with E-state index in [1.807, 2.05) is 54.9 Å². The van der Waals surface area contributed by atoms with Crippen LogP contribution in [-0.4, -0.2) is 182 Å². The monoisotopic (exact) mass is 1610 g/mol. The van der Waals surface area contributed by atoms with Crippen LogP contribution in [0.15, 0.2) is 190 Å². The molecule has 8 aromatic heterocycles. The number of halogens is 7. The summed E-state index contributed by atoms with van der Waals surface area (Å²) >= 11 is 0. The zero-order valence-electron chi connectivity index (χ0n) is 64.6. The van der Waals surface area contributed by atoms with Gasteiger partial charge >= 0.3 is 12.7 Å². The van der Waals surface area contributed by atoms with E-state index < -0.39 is 35.8 Å². The molecule has 4 aliphatic heterocycles. The highest BCUT2D eigenvalue weighted by Gasteiger charge is 2.34. The maximum atomic E-state index is 14.0. The van der Waals surface area contributed by atoms with Crippen molar-refractivity contribution in [2.24, 2.45) is 0 Å². The molecule has 0 radical (unpaired) electrons. The molecule has 12 aromatic rings. The Bertz CT molecular complexity index is 5950. The minimum absolute atomic E-state index is 0.0755. The molecule has 0 spiro atoms. The second-order valence-corrected chi connectivity index (χ2v) is 28.0. The summed E-state index contributed by atoms with van der Waals surface area (Å²) < 4.78 is 124. The van der Waals surface area contributed by atoms with Crippen molar-refractivity contribution in [2.45, 2.75) is 51.6 Å². The van der Waals surface area contributed by atoms with Crippen molar-refractivity contribution in [3.8, 4) is 91.2 Å². The Morgan fingerprint density at radius 2 is 0.786 bits per heavy atom. The van der Waals surface area contributed by atoms with Crippen LogP contribution < -0.4 is 91.5 Å². The molecule has 117 heavy (non-hydrogen) atoms. The predicted molar refractivity (Wildman–Crippen MR) is 430 cm³/mol. The molecule has 12 heterocycles. The lowest BCUT2D eigenvalue weighted by Gasteiger charge is -2.33. The first-order valence-corrected chi connectivity index (χ1v) is 37.3. The number of piperazine rings is 4. The van der Waals surface area contributed by atoms with Gasteiger partial charge in [-0.15, -0.1) is 26.3 Å². The number of aromatic nitrogens is 7. The quantitative estimate of drug-likeness (QED) is 0.0633. The molecule has 0 amide bonds. The average Bonchev–Trinajstić information content (AvgIpc) is 1.06. The molecule has 5 N–H and O–H groups in total. The maximum Gasteiger partial charge on any atom is 0.573 e. The number of phenolic OH excluding ortho intramolecular Hbond substituents is 1.